The summed E-state index contributed by atoms with van der Waals surface area (Å²) in [5.74, 6) is 0. The van der Waals surface area contributed by atoms with Gasteiger partial charge in [0.05, 0.1) is 0 Å². The highest BCUT2D eigenvalue weighted by atomic mass is 16.6. The van der Waals surface area contributed by atoms with Gasteiger partial charge in [0.2, 0.25) is 0 Å². The van der Waals surface area contributed by atoms with Crippen molar-refractivity contribution in [2.24, 2.45) is 0 Å². The summed E-state index contributed by atoms with van der Waals surface area (Å²) < 4.78 is 5.19. The van der Waals surface area contributed by atoms with Crippen molar-refractivity contribution >= 4 is 6.09 Å². The van der Waals surface area contributed by atoms with Crippen molar-refractivity contribution in [2.45, 2.75) is 38.8 Å². The average Bonchev–Trinajstić information content (AvgIpc) is 2.04. The summed E-state index contributed by atoms with van der Waals surface area (Å²) in [6.07, 6.45) is 1.80. The predicted octanol–water partition coefficient (Wildman–Crippen LogP) is 0.873. The number of nitrogens with one attached hydrogen (secondary N) is 2. The van der Waals surface area contributed by atoms with Crippen LogP contribution < -0.4 is 10.6 Å². The van der Waals surface area contributed by atoms with Gasteiger partial charge in [0.1, 0.15) is 6.10 Å². The fourth-order valence-electron chi connectivity index (χ4n) is 1.34. The van der Waals surface area contributed by atoms with Crippen LogP contribution in [0.15, 0.2) is 0 Å². The number of ether oxygens (including phenoxy) is 1. The third-order valence-corrected chi connectivity index (χ3v) is 1.93. The first-order chi connectivity index (χ1) is 6.18. The lowest BCUT2D eigenvalue weighted by atomic mass is 10.1. The van der Waals surface area contributed by atoms with Crippen LogP contribution in [0.1, 0.15) is 26.7 Å². The topological polar surface area (TPSA) is 50.4 Å². The Morgan fingerprint density at radius 2 is 2.38 bits per heavy atom. The highest BCUT2D eigenvalue weighted by Gasteiger charge is 2.17. The van der Waals surface area contributed by atoms with E-state index in [0.29, 0.717) is 0 Å². The van der Waals surface area contributed by atoms with Crippen molar-refractivity contribution in [3.63, 3.8) is 0 Å². The number of carbonyl (C=O) groups excluding carboxylic acids is 1. The maximum Gasteiger partial charge on any atom is 0.407 e. The highest BCUT2D eigenvalue weighted by Crippen LogP contribution is 2.05. The molecule has 0 radical (unpaired) electrons. The van der Waals surface area contributed by atoms with E-state index in [1.165, 1.54) is 0 Å². The number of amides is 1. The summed E-state index contributed by atoms with van der Waals surface area (Å²) in [5, 5.41) is 5.89. The summed E-state index contributed by atoms with van der Waals surface area (Å²) in [7, 11) is 0. The van der Waals surface area contributed by atoms with Crippen molar-refractivity contribution in [1.29, 1.82) is 0 Å². The largest absolute Gasteiger partial charge is 0.445 e. The van der Waals surface area contributed by atoms with E-state index in [2.05, 4.69) is 10.6 Å². The Labute approximate surface area is 79.0 Å². The molecule has 0 aromatic carbocycles. The quantitative estimate of drug-likeness (QED) is 0.673. The first-order valence-corrected chi connectivity index (χ1v) is 4.86. The molecule has 0 aliphatic carbocycles. The number of piperidine rings is 1. The van der Waals surface area contributed by atoms with Gasteiger partial charge >= 0.3 is 6.09 Å². The van der Waals surface area contributed by atoms with E-state index in [0.717, 1.165) is 25.9 Å². The second-order valence-electron chi connectivity index (χ2n) is 3.67. The summed E-state index contributed by atoms with van der Waals surface area (Å²) in [4.78, 5) is 11.2. The molecular weight excluding hydrogens is 168 g/mol. The summed E-state index contributed by atoms with van der Waals surface area (Å²) in [6.45, 7) is 5.65. The van der Waals surface area contributed by atoms with E-state index in [4.69, 9.17) is 4.74 Å². The molecule has 0 spiro atoms. The van der Waals surface area contributed by atoms with Crippen LogP contribution in [0.25, 0.3) is 0 Å². The Hall–Kier alpha value is -0.770. The predicted molar refractivity (Wildman–Crippen MR) is 50.6 cm³/mol. The molecule has 2 N–H and O–H groups in total. The Bertz CT molecular complexity index is 165. The number of alkyl carbamates (subject to hydrolysis) is 1. The lowest BCUT2D eigenvalue weighted by molar-refractivity contribution is 0.0809. The van der Waals surface area contributed by atoms with Gasteiger partial charge < -0.3 is 15.4 Å². The standard InChI is InChI=1S/C9H18N2O2/c1-7(2)11-9(12)13-8-4-3-5-10-6-8/h7-8,10H,3-6H2,1-2H3,(H,11,12)/t8-/m0/s1. The van der Waals surface area contributed by atoms with Gasteiger partial charge in [0, 0.05) is 12.6 Å². The molecule has 0 aromatic heterocycles. The minimum Gasteiger partial charge on any atom is -0.445 e. The number of hydrogen-bond acceptors (Lipinski definition) is 3. The molecule has 0 aromatic rings. The van der Waals surface area contributed by atoms with Crippen molar-refractivity contribution < 1.29 is 9.53 Å². The molecular formula is C9H18N2O2. The van der Waals surface area contributed by atoms with E-state index in [1.54, 1.807) is 0 Å². The van der Waals surface area contributed by atoms with Crippen LogP contribution >= 0.6 is 0 Å². The van der Waals surface area contributed by atoms with E-state index >= 15 is 0 Å². The van der Waals surface area contributed by atoms with Gasteiger partial charge in [-0.25, -0.2) is 4.79 Å². The zero-order valence-corrected chi connectivity index (χ0v) is 8.30. The van der Waals surface area contributed by atoms with Gasteiger partial charge in [0.15, 0.2) is 0 Å². The van der Waals surface area contributed by atoms with Crippen molar-refractivity contribution in [3.05, 3.63) is 0 Å². The van der Waals surface area contributed by atoms with Gasteiger partial charge in [-0.15, -0.1) is 0 Å². The highest BCUT2D eigenvalue weighted by molar-refractivity contribution is 5.67. The van der Waals surface area contributed by atoms with Crippen LogP contribution in [0.5, 0.6) is 0 Å². The second-order valence-corrected chi connectivity index (χ2v) is 3.67. The van der Waals surface area contributed by atoms with E-state index in [1.807, 2.05) is 13.8 Å². The maximum absolute atomic E-state index is 11.2. The molecule has 1 saturated heterocycles. The number of hydrogen-bond donors (Lipinski definition) is 2. The molecule has 1 amide bonds. The molecule has 1 heterocycles. The van der Waals surface area contributed by atoms with Crippen LogP contribution in [0, 0.1) is 0 Å². The molecule has 1 fully saturated rings. The zero-order chi connectivity index (χ0) is 9.68. The van der Waals surface area contributed by atoms with Gasteiger partial charge in [-0.2, -0.15) is 0 Å². The Kier molecular flexibility index (Phi) is 4.02. The first-order valence-electron chi connectivity index (χ1n) is 4.86. The Morgan fingerprint density at radius 3 is 2.92 bits per heavy atom. The van der Waals surface area contributed by atoms with Crippen LogP contribution in [0.2, 0.25) is 0 Å². The molecule has 1 atom stereocenters. The fraction of sp³-hybridized carbons (Fsp3) is 0.889. The van der Waals surface area contributed by atoms with E-state index < -0.39 is 0 Å². The monoisotopic (exact) mass is 186 g/mol. The van der Waals surface area contributed by atoms with Crippen molar-refractivity contribution in [1.82, 2.24) is 10.6 Å². The Balaban J connectivity index is 2.18. The zero-order valence-electron chi connectivity index (χ0n) is 8.30. The minimum absolute atomic E-state index is 0.0486. The molecule has 4 nitrogen and oxygen atoms in total. The number of carbonyl (C=O) groups is 1. The maximum atomic E-state index is 11.2. The molecule has 76 valence electrons. The number of rotatable bonds is 2. The minimum atomic E-state index is -0.302. The van der Waals surface area contributed by atoms with Crippen molar-refractivity contribution in [2.75, 3.05) is 13.1 Å². The van der Waals surface area contributed by atoms with Crippen LogP contribution in [-0.4, -0.2) is 31.3 Å². The summed E-state index contributed by atoms with van der Waals surface area (Å²) in [6, 6.07) is 0.143. The van der Waals surface area contributed by atoms with Crippen molar-refractivity contribution in [3.8, 4) is 0 Å². The molecule has 1 aliphatic rings. The van der Waals surface area contributed by atoms with Crippen LogP contribution in [0.4, 0.5) is 4.79 Å². The summed E-state index contributed by atoms with van der Waals surface area (Å²) in [5.41, 5.74) is 0. The van der Waals surface area contributed by atoms with Gasteiger partial charge in [-0.1, -0.05) is 0 Å². The van der Waals surface area contributed by atoms with E-state index in [9.17, 15) is 4.79 Å². The second kappa shape index (κ2) is 5.07. The summed E-state index contributed by atoms with van der Waals surface area (Å²) >= 11 is 0. The molecule has 1 rings (SSSR count). The third kappa shape index (κ3) is 4.12. The van der Waals surface area contributed by atoms with Gasteiger partial charge in [-0.3, -0.25) is 0 Å². The normalized spacial score (nSPS) is 22.8. The van der Waals surface area contributed by atoms with Gasteiger partial charge in [0.25, 0.3) is 0 Å². The SMILES string of the molecule is CC(C)NC(=O)O[C@H]1CCCNC1. The molecule has 1 aliphatic heterocycles. The lowest BCUT2D eigenvalue weighted by Crippen LogP contribution is -2.40. The molecule has 0 bridgehead atoms. The molecule has 0 saturated carbocycles. The molecule has 13 heavy (non-hydrogen) atoms. The molecule has 4 heteroatoms. The van der Waals surface area contributed by atoms with Crippen LogP contribution in [-0.2, 0) is 4.74 Å². The first kappa shape index (κ1) is 10.3. The smallest absolute Gasteiger partial charge is 0.407 e. The lowest BCUT2D eigenvalue weighted by Gasteiger charge is -2.23. The average molecular weight is 186 g/mol. The van der Waals surface area contributed by atoms with Crippen LogP contribution in [0.3, 0.4) is 0 Å². The van der Waals surface area contributed by atoms with Gasteiger partial charge in [-0.05, 0) is 33.2 Å². The molecule has 0 unspecified atom stereocenters. The fourth-order valence-corrected chi connectivity index (χ4v) is 1.34. The van der Waals surface area contributed by atoms with E-state index in [-0.39, 0.29) is 18.2 Å². The third-order valence-electron chi connectivity index (χ3n) is 1.93. The Morgan fingerprint density at radius 1 is 1.62 bits per heavy atom.